The molecule has 3 atom stereocenters. The SMILES string of the molecule is Cn1c(=O)c2ncn([C@H]3C[C@H](O)[C@@H](CO)O3)c2n(C)c1=O. The summed E-state index contributed by atoms with van der Waals surface area (Å²) in [7, 11) is 2.93. The van der Waals surface area contributed by atoms with Gasteiger partial charge in [0.2, 0.25) is 0 Å². The summed E-state index contributed by atoms with van der Waals surface area (Å²) in [6.45, 7) is -0.301. The van der Waals surface area contributed by atoms with Crippen molar-refractivity contribution >= 4 is 11.2 Å². The highest BCUT2D eigenvalue weighted by Gasteiger charge is 2.35. The minimum absolute atomic E-state index is 0.158. The lowest BCUT2D eigenvalue weighted by molar-refractivity contribution is -0.0433. The molecule has 0 aromatic carbocycles. The van der Waals surface area contributed by atoms with Gasteiger partial charge in [-0.15, -0.1) is 0 Å². The van der Waals surface area contributed by atoms with E-state index in [-0.39, 0.29) is 18.5 Å². The normalized spacial score (nSPS) is 25.8. The summed E-state index contributed by atoms with van der Waals surface area (Å²) in [5.74, 6) is 0. The number of nitrogens with zero attached hydrogens (tertiary/aromatic N) is 4. The van der Waals surface area contributed by atoms with Crippen molar-refractivity contribution in [2.45, 2.75) is 24.9 Å². The average molecular weight is 296 g/mol. The van der Waals surface area contributed by atoms with Crippen molar-refractivity contribution in [3.8, 4) is 0 Å². The molecule has 114 valence electrons. The molecule has 0 aliphatic carbocycles. The van der Waals surface area contributed by atoms with Crippen LogP contribution in [0.4, 0.5) is 0 Å². The Bertz CT molecular complexity index is 804. The molecule has 9 heteroatoms. The Morgan fingerprint density at radius 2 is 2.10 bits per heavy atom. The number of aliphatic hydroxyl groups excluding tert-OH is 2. The van der Waals surface area contributed by atoms with E-state index in [1.165, 1.54) is 29.6 Å². The molecule has 1 saturated heterocycles. The van der Waals surface area contributed by atoms with Crippen LogP contribution in [0.3, 0.4) is 0 Å². The number of ether oxygens (including phenoxy) is 1. The van der Waals surface area contributed by atoms with Crippen LogP contribution in [0.5, 0.6) is 0 Å². The third-order valence-corrected chi connectivity index (χ3v) is 3.86. The molecular formula is C12H16N4O5. The highest BCUT2D eigenvalue weighted by molar-refractivity contribution is 5.70. The van der Waals surface area contributed by atoms with Crippen LogP contribution in [-0.4, -0.2) is 47.7 Å². The minimum atomic E-state index is -0.805. The quantitative estimate of drug-likeness (QED) is 0.668. The molecule has 2 N–H and O–H groups in total. The molecule has 0 saturated carbocycles. The maximum atomic E-state index is 12.1. The van der Waals surface area contributed by atoms with Crippen molar-refractivity contribution < 1.29 is 14.9 Å². The number of fused-ring (bicyclic) bond motifs is 1. The van der Waals surface area contributed by atoms with Gasteiger partial charge in [-0.1, -0.05) is 0 Å². The average Bonchev–Trinajstić information content (AvgIpc) is 3.06. The molecule has 1 aliphatic heterocycles. The second-order valence-corrected chi connectivity index (χ2v) is 5.14. The summed E-state index contributed by atoms with van der Waals surface area (Å²) >= 11 is 0. The fourth-order valence-electron chi connectivity index (χ4n) is 2.66. The maximum Gasteiger partial charge on any atom is 0.332 e. The van der Waals surface area contributed by atoms with E-state index in [0.717, 1.165) is 4.57 Å². The van der Waals surface area contributed by atoms with Gasteiger partial charge < -0.3 is 14.9 Å². The maximum absolute atomic E-state index is 12.1. The summed E-state index contributed by atoms with van der Waals surface area (Å²) < 4.78 is 9.38. The van der Waals surface area contributed by atoms with Crippen molar-refractivity contribution in [1.82, 2.24) is 18.7 Å². The van der Waals surface area contributed by atoms with Crippen molar-refractivity contribution in [3.63, 3.8) is 0 Å². The van der Waals surface area contributed by atoms with Crippen LogP contribution in [0, 0.1) is 0 Å². The first-order valence-corrected chi connectivity index (χ1v) is 6.52. The van der Waals surface area contributed by atoms with Crippen LogP contribution in [0.1, 0.15) is 12.6 Å². The third-order valence-electron chi connectivity index (χ3n) is 3.86. The molecular weight excluding hydrogens is 280 g/mol. The van der Waals surface area contributed by atoms with Gasteiger partial charge in [-0.25, -0.2) is 9.78 Å². The molecule has 0 unspecified atom stereocenters. The number of aryl methyl sites for hydroxylation is 1. The largest absolute Gasteiger partial charge is 0.394 e. The Balaban J connectivity index is 2.18. The van der Waals surface area contributed by atoms with Gasteiger partial charge in [-0.05, 0) is 0 Å². The lowest BCUT2D eigenvalue weighted by Crippen LogP contribution is -2.37. The fourth-order valence-corrected chi connectivity index (χ4v) is 2.66. The summed E-state index contributed by atoms with van der Waals surface area (Å²) in [5.41, 5.74) is -0.459. The van der Waals surface area contributed by atoms with Crippen LogP contribution < -0.4 is 11.2 Å². The smallest absolute Gasteiger partial charge is 0.332 e. The molecule has 21 heavy (non-hydrogen) atoms. The Labute approximate surface area is 118 Å². The second-order valence-electron chi connectivity index (χ2n) is 5.14. The minimum Gasteiger partial charge on any atom is -0.394 e. The predicted molar refractivity (Wildman–Crippen MR) is 71.8 cm³/mol. The van der Waals surface area contributed by atoms with E-state index in [0.29, 0.717) is 5.65 Å². The summed E-state index contributed by atoms with van der Waals surface area (Å²) in [5, 5.41) is 18.9. The van der Waals surface area contributed by atoms with Crippen molar-refractivity contribution in [2.24, 2.45) is 14.1 Å². The van der Waals surface area contributed by atoms with Gasteiger partial charge in [0.1, 0.15) is 12.3 Å². The molecule has 2 aromatic rings. The molecule has 0 radical (unpaired) electrons. The lowest BCUT2D eigenvalue weighted by Gasteiger charge is -2.15. The van der Waals surface area contributed by atoms with Crippen LogP contribution in [0.15, 0.2) is 15.9 Å². The van der Waals surface area contributed by atoms with Crippen molar-refractivity contribution in [2.75, 3.05) is 6.61 Å². The van der Waals surface area contributed by atoms with Gasteiger partial charge in [0.15, 0.2) is 11.2 Å². The zero-order valence-electron chi connectivity index (χ0n) is 11.6. The number of hydrogen-bond acceptors (Lipinski definition) is 6. The standard InChI is InChI=1S/C12H16N4O5/c1-14-10-9(11(19)15(2)12(14)20)13-5-16(10)8-3-6(18)7(4-17)21-8/h5-8,17-18H,3-4H2,1-2H3/t6-,7+,8+/m0/s1. The fraction of sp³-hybridized carbons (Fsp3) is 0.583. The number of aromatic nitrogens is 4. The highest BCUT2D eigenvalue weighted by Crippen LogP contribution is 2.30. The second kappa shape index (κ2) is 4.79. The van der Waals surface area contributed by atoms with Gasteiger partial charge in [0.25, 0.3) is 5.56 Å². The van der Waals surface area contributed by atoms with Gasteiger partial charge in [0.05, 0.1) is 19.0 Å². The van der Waals surface area contributed by atoms with Gasteiger partial charge >= 0.3 is 5.69 Å². The van der Waals surface area contributed by atoms with Crippen LogP contribution in [0.2, 0.25) is 0 Å². The molecule has 2 aromatic heterocycles. The third kappa shape index (κ3) is 1.93. The Kier molecular flexibility index (Phi) is 3.19. The molecule has 3 heterocycles. The highest BCUT2D eigenvalue weighted by atomic mass is 16.5. The summed E-state index contributed by atoms with van der Waals surface area (Å²) in [4.78, 5) is 28.1. The lowest BCUT2D eigenvalue weighted by atomic mass is 10.2. The van der Waals surface area contributed by atoms with Crippen molar-refractivity contribution in [1.29, 1.82) is 0 Å². The topological polar surface area (TPSA) is 112 Å². The number of imidazole rings is 1. The van der Waals surface area contributed by atoms with Crippen LogP contribution in [-0.2, 0) is 18.8 Å². The molecule has 1 fully saturated rings. The molecule has 0 spiro atoms. The van der Waals surface area contributed by atoms with Crippen LogP contribution >= 0.6 is 0 Å². The van der Waals surface area contributed by atoms with E-state index in [1.54, 1.807) is 0 Å². The van der Waals surface area contributed by atoms with E-state index in [2.05, 4.69) is 4.98 Å². The zero-order valence-corrected chi connectivity index (χ0v) is 11.6. The van der Waals surface area contributed by atoms with Crippen LogP contribution in [0.25, 0.3) is 11.2 Å². The molecule has 9 nitrogen and oxygen atoms in total. The van der Waals surface area contributed by atoms with E-state index in [1.807, 2.05) is 0 Å². The van der Waals surface area contributed by atoms with Crippen molar-refractivity contribution in [3.05, 3.63) is 27.2 Å². The molecule has 3 rings (SSSR count). The molecule has 0 bridgehead atoms. The summed E-state index contributed by atoms with van der Waals surface area (Å²) in [6.07, 6.45) is -0.417. The van der Waals surface area contributed by atoms with E-state index >= 15 is 0 Å². The summed E-state index contributed by atoms with van der Waals surface area (Å²) in [6, 6.07) is 0. The monoisotopic (exact) mass is 296 g/mol. The Morgan fingerprint density at radius 3 is 2.71 bits per heavy atom. The van der Waals surface area contributed by atoms with E-state index in [4.69, 9.17) is 9.84 Å². The first-order chi connectivity index (χ1) is 9.95. The van der Waals surface area contributed by atoms with E-state index < -0.39 is 29.7 Å². The molecule has 1 aliphatic rings. The predicted octanol–water partition coefficient (Wildman–Crippen LogP) is -1.93. The Hall–Kier alpha value is -1.97. The van der Waals surface area contributed by atoms with Gasteiger partial charge in [-0.3, -0.25) is 18.5 Å². The van der Waals surface area contributed by atoms with Gasteiger partial charge in [0, 0.05) is 20.5 Å². The first-order valence-electron chi connectivity index (χ1n) is 6.52. The van der Waals surface area contributed by atoms with Gasteiger partial charge in [-0.2, -0.15) is 0 Å². The number of rotatable bonds is 2. The number of aliphatic hydroxyl groups is 2. The first kappa shape index (κ1) is 14.0. The number of hydrogen-bond donors (Lipinski definition) is 2. The Morgan fingerprint density at radius 1 is 1.38 bits per heavy atom. The molecule has 0 amide bonds. The zero-order chi connectivity index (χ0) is 15.3. The van der Waals surface area contributed by atoms with E-state index in [9.17, 15) is 14.7 Å².